The highest BCUT2D eigenvalue weighted by atomic mass is 32.2. The Bertz CT molecular complexity index is 596. The molecule has 0 radical (unpaired) electrons. The number of benzene rings is 1. The zero-order valence-electron chi connectivity index (χ0n) is 13.1. The van der Waals surface area contributed by atoms with E-state index >= 15 is 0 Å². The summed E-state index contributed by atoms with van der Waals surface area (Å²) >= 11 is 0. The fourth-order valence-corrected chi connectivity index (χ4v) is 4.00. The lowest BCUT2D eigenvalue weighted by Gasteiger charge is -2.32. The van der Waals surface area contributed by atoms with E-state index in [1.54, 1.807) is 13.0 Å². The Labute approximate surface area is 128 Å². The van der Waals surface area contributed by atoms with Gasteiger partial charge < -0.3 is 5.32 Å². The molecule has 0 amide bonds. The van der Waals surface area contributed by atoms with Gasteiger partial charge in [-0.15, -0.1) is 0 Å². The lowest BCUT2D eigenvalue weighted by Crippen LogP contribution is -2.29. The van der Waals surface area contributed by atoms with Crippen LogP contribution in [0.15, 0.2) is 23.1 Å². The third-order valence-corrected chi connectivity index (χ3v) is 5.58. The maximum atomic E-state index is 11.6. The van der Waals surface area contributed by atoms with Crippen molar-refractivity contribution >= 4 is 15.7 Å². The Morgan fingerprint density at radius 3 is 2.62 bits per heavy atom. The molecule has 0 heterocycles. The number of hydrogen-bond donors (Lipinski definition) is 2. The van der Waals surface area contributed by atoms with E-state index in [2.05, 4.69) is 19.2 Å². The van der Waals surface area contributed by atoms with Gasteiger partial charge in [0.05, 0.1) is 4.90 Å². The number of hydrogen-bond acceptors (Lipinski definition) is 3. The fourth-order valence-electron chi connectivity index (χ4n) is 3.20. The molecule has 2 unspecified atom stereocenters. The van der Waals surface area contributed by atoms with Crippen LogP contribution in [0.25, 0.3) is 0 Å². The highest BCUT2D eigenvalue weighted by Gasteiger charge is 2.24. The molecule has 1 aromatic rings. The number of anilines is 1. The quantitative estimate of drug-likeness (QED) is 0.896. The van der Waals surface area contributed by atoms with E-state index in [0.717, 1.165) is 24.4 Å². The largest absolute Gasteiger partial charge is 0.382 e. The van der Waals surface area contributed by atoms with Crippen LogP contribution < -0.4 is 10.5 Å². The van der Waals surface area contributed by atoms with Crippen molar-refractivity contribution in [1.82, 2.24) is 0 Å². The second-order valence-corrected chi connectivity index (χ2v) is 8.07. The standard InChI is InChI=1S/C16H26N2O2S/c1-11(2)13-5-4-6-14(9-13)18-15-8-7-12(3)16(10-15)21(17,19)20/h7-8,10-11,13-14,18H,4-6,9H2,1-3H3,(H2,17,19,20). The van der Waals surface area contributed by atoms with E-state index in [1.165, 1.54) is 12.8 Å². The molecule has 1 aliphatic carbocycles. The van der Waals surface area contributed by atoms with Gasteiger partial charge in [0.15, 0.2) is 0 Å². The summed E-state index contributed by atoms with van der Waals surface area (Å²) < 4.78 is 23.2. The average Bonchev–Trinajstić information content (AvgIpc) is 2.40. The van der Waals surface area contributed by atoms with Crippen molar-refractivity contribution in [2.24, 2.45) is 17.0 Å². The van der Waals surface area contributed by atoms with Crippen molar-refractivity contribution in [3.05, 3.63) is 23.8 Å². The summed E-state index contributed by atoms with van der Waals surface area (Å²) in [6.07, 6.45) is 4.82. The topological polar surface area (TPSA) is 72.2 Å². The number of aryl methyl sites for hydroxylation is 1. The van der Waals surface area contributed by atoms with E-state index in [4.69, 9.17) is 5.14 Å². The molecule has 1 aromatic carbocycles. The molecule has 118 valence electrons. The summed E-state index contributed by atoms with van der Waals surface area (Å²) in [5, 5.41) is 8.75. The zero-order chi connectivity index (χ0) is 15.6. The molecule has 4 nitrogen and oxygen atoms in total. The molecule has 5 heteroatoms. The van der Waals surface area contributed by atoms with Gasteiger partial charge in [-0.2, -0.15) is 0 Å². The Morgan fingerprint density at radius 2 is 2.00 bits per heavy atom. The lowest BCUT2D eigenvalue weighted by atomic mass is 9.79. The zero-order valence-corrected chi connectivity index (χ0v) is 13.9. The first-order chi connectivity index (χ1) is 9.77. The van der Waals surface area contributed by atoms with Crippen molar-refractivity contribution < 1.29 is 8.42 Å². The fraction of sp³-hybridized carbons (Fsp3) is 0.625. The molecule has 2 atom stereocenters. The van der Waals surface area contributed by atoms with Crippen molar-refractivity contribution in [1.29, 1.82) is 0 Å². The molecule has 0 aromatic heterocycles. The Morgan fingerprint density at radius 1 is 1.29 bits per heavy atom. The van der Waals surface area contributed by atoms with Crippen LogP contribution in [0.3, 0.4) is 0 Å². The number of primary sulfonamides is 1. The van der Waals surface area contributed by atoms with E-state index in [-0.39, 0.29) is 4.90 Å². The Hall–Kier alpha value is -1.07. The second kappa shape index (κ2) is 6.36. The molecular weight excluding hydrogens is 284 g/mol. The first kappa shape index (κ1) is 16.3. The number of nitrogens with one attached hydrogen (secondary N) is 1. The van der Waals surface area contributed by atoms with Gasteiger partial charge in [0, 0.05) is 11.7 Å². The van der Waals surface area contributed by atoms with E-state index in [1.807, 2.05) is 12.1 Å². The highest BCUT2D eigenvalue weighted by Crippen LogP contribution is 2.32. The summed E-state index contributed by atoms with van der Waals surface area (Å²) in [6.45, 7) is 6.31. The van der Waals surface area contributed by atoms with Gasteiger partial charge in [0.2, 0.25) is 10.0 Å². The smallest absolute Gasteiger partial charge is 0.238 e. The molecule has 1 aliphatic rings. The van der Waals surface area contributed by atoms with Gasteiger partial charge >= 0.3 is 0 Å². The van der Waals surface area contributed by atoms with Gasteiger partial charge in [0.25, 0.3) is 0 Å². The maximum absolute atomic E-state index is 11.6. The Balaban J connectivity index is 2.13. The van der Waals surface area contributed by atoms with E-state index in [0.29, 0.717) is 17.5 Å². The molecule has 0 spiro atoms. The van der Waals surface area contributed by atoms with Crippen LogP contribution in [0.5, 0.6) is 0 Å². The normalized spacial score (nSPS) is 23.3. The number of nitrogens with two attached hydrogens (primary N) is 1. The summed E-state index contributed by atoms with van der Waals surface area (Å²) in [4.78, 5) is 0.212. The highest BCUT2D eigenvalue weighted by molar-refractivity contribution is 7.89. The first-order valence-corrected chi connectivity index (χ1v) is 9.22. The Kier molecular flexibility index (Phi) is 4.94. The lowest BCUT2D eigenvalue weighted by molar-refractivity contribution is 0.264. The molecule has 1 fully saturated rings. The van der Waals surface area contributed by atoms with Crippen molar-refractivity contribution in [3.63, 3.8) is 0 Å². The summed E-state index contributed by atoms with van der Waals surface area (Å²) in [6, 6.07) is 5.82. The molecule has 2 rings (SSSR count). The third kappa shape index (κ3) is 4.20. The molecule has 0 bridgehead atoms. The SMILES string of the molecule is Cc1ccc(NC2CCCC(C(C)C)C2)cc1S(N)(=O)=O. The number of sulfonamides is 1. The first-order valence-electron chi connectivity index (χ1n) is 7.67. The van der Waals surface area contributed by atoms with Crippen LogP contribution in [0.1, 0.15) is 45.1 Å². The second-order valence-electron chi connectivity index (χ2n) is 6.54. The van der Waals surface area contributed by atoms with Gasteiger partial charge in [-0.05, 0) is 49.3 Å². The predicted molar refractivity (Wildman–Crippen MR) is 86.8 cm³/mol. The van der Waals surface area contributed by atoms with Crippen LogP contribution >= 0.6 is 0 Å². The van der Waals surface area contributed by atoms with Gasteiger partial charge in [-0.1, -0.05) is 32.8 Å². The molecule has 1 saturated carbocycles. The van der Waals surface area contributed by atoms with Crippen LogP contribution in [0, 0.1) is 18.8 Å². The molecular formula is C16H26N2O2S. The molecule has 0 aliphatic heterocycles. The minimum absolute atomic E-state index is 0.212. The van der Waals surface area contributed by atoms with E-state index < -0.39 is 10.0 Å². The summed E-state index contributed by atoms with van der Waals surface area (Å²) in [7, 11) is -3.66. The molecule has 0 saturated heterocycles. The molecule has 3 N–H and O–H groups in total. The summed E-state index contributed by atoms with van der Waals surface area (Å²) in [5.41, 5.74) is 1.53. The minimum atomic E-state index is -3.66. The van der Waals surface area contributed by atoms with Crippen molar-refractivity contribution in [2.75, 3.05) is 5.32 Å². The van der Waals surface area contributed by atoms with Crippen LogP contribution in [-0.2, 0) is 10.0 Å². The van der Waals surface area contributed by atoms with Crippen molar-refractivity contribution in [3.8, 4) is 0 Å². The van der Waals surface area contributed by atoms with Crippen LogP contribution in [0.4, 0.5) is 5.69 Å². The van der Waals surface area contributed by atoms with Gasteiger partial charge in [0.1, 0.15) is 0 Å². The predicted octanol–water partition coefficient (Wildman–Crippen LogP) is 3.27. The number of rotatable bonds is 4. The monoisotopic (exact) mass is 310 g/mol. The maximum Gasteiger partial charge on any atom is 0.238 e. The molecule has 21 heavy (non-hydrogen) atoms. The minimum Gasteiger partial charge on any atom is -0.382 e. The average molecular weight is 310 g/mol. The van der Waals surface area contributed by atoms with Gasteiger partial charge in [-0.25, -0.2) is 13.6 Å². The van der Waals surface area contributed by atoms with Gasteiger partial charge in [-0.3, -0.25) is 0 Å². The van der Waals surface area contributed by atoms with Crippen molar-refractivity contribution in [2.45, 2.75) is 57.4 Å². The van der Waals surface area contributed by atoms with E-state index in [9.17, 15) is 8.42 Å². The van der Waals surface area contributed by atoms with Crippen LogP contribution in [0.2, 0.25) is 0 Å². The summed E-state index contributed by atoms with van der Waals surface area (Å²) in [5.74, 6) is 1.45. The van der Waals surface area contributed by atoms with Crippen LogP contribution in [-0.4, -0.2) is 14.5 Å². The third-order valence-electron chi connectivity index (χ3n) is 4.52.